The van der Waals surface area contributed by atoms with Crippen LogP contribution in [0.3, 0.4) is 0 Å². The molecule has 0 bridgehead atoms. The number of aryl methyl sites for hydroxylation is 1. The molecule has 7 nitrogen and oxygen atoms in total. The first-order chi connectivity index (χ1) is 12.0. The van der Waals surface area contributed by atoms with Gasteiger partial charge in [0.05, 0.1) is 0 Å². The third kappa shape index (κ3) is 5.70. The number of rotatable bonds is 9. The molecule has 0 saturated heterocycles. The lowest BCUT2D eigenvalue weighted by Gasteiger charge is -2.30. The minimum Gasteiger partial charge on any atom is -0.357 e. The van der Waals surface area contributed by atoms with Crippen molar-refractivity contribution in [2.45, 2.75) is 79.1 Å². The number of guanidine groups is 1. The summed E-state index contributed by atoms with van der Waals surface area (Å²) in [6, 6.07) is 1.16. The number of aromatic nitrogens is 3. The summed E-state index contributed by atoms with van der Waals surface area (Å²) in [7, 11) is 0. The molecular formula is C18H35N7. The zero-order chi connectivity index (χ0) is 18.2. The summed E-state index contributed by atoms with van der Waals surface area (Å²) >= 11 is 0. The molecule has 1 aliphatic heterocycles. The molecule has 2 N–H and O–H groups in total. The van der Waals surface area contributed by atoms with Crippen LogP contribution in [0.15, 0.2) is 4.99 Å². The van der Waals surface area contributed by atoms with Crippen molar-refractivity contribution >= 4 is 5.96 Å². The topological polar surface area (TPSA) is 70.4 Å². The van der Waals surface area contributed by atoms with E-state index < -0.39 is 0 Å². The molecule has 0 radical (unpaired) electrons. The van der Waals surface area contributed by atoms with Crippen LogP contribution in [-0.4, -0.2) is 57.3 Å². The third-order valence-electron chi connectivity index (χ3n) is 4.62. The van der Waals surface area contributed by atoms with E-state index in [-0.39, 0.29) is 0 Å². The van der Waals surface area contributed by atoms with Crippen LogP contribution >= 0.6 is 0 Å². The van der Waals surface area contributed by atoms with Crippen LogP contribution in [-0.2, 0) is 19.5 Å². The van der Waals surface area contributed by atoms with Crippen LogP contribution in [0.1, 0.15) is 59.1 Å². The standard InChI is InChI=1S/C18H35N7/c1-6-19-18(20-10-8-12-24(14(2)3)15(4)5)21-13-17-23-22-16-9-7-11-25(16)17/h14-15H,6-13H2,1-5H3,(H2,19,20,21). The second-order valence-corrected chi connectivity index (χ2v) is 7.19. The molecule has 1 aliphatic rings. The van der Waals surface area contributed by atoms with E-state index in [0.717, 1.165) is 56.6 Å². The van der Waals surface area contributed by atoms with E-state index >= 15 is 0 Å². The van der Waals surface area contributed by atoms with Gasteiger partial charge in [-0.3, -0.25) is 4.90 Å². The summed E-state index contributed by atoms with van der Waals surface area (Å²) < 4.78 is 2.20. The highest BCUT2D eigenvalue weighted by atomic mass is 15.3. The van der Waals surface area contributed by atoms with Crippen molar-refractivity contribution in [2.75, 3.05) is 19.6 Å². The van der Waals surface area contributed by atoms with Crippen molar-refractivity contribution in [3.05, 3.63) is 11.6 Å². The van der Waals surface area contributed by atoms with Gasteiger partial charge < -0.3 is 15.2 Å². The summed E-state index contributed by atoms with van der Waals surface area (Å²) in [6.07, 6.45) is 3.31. The van der Waals surface area contributed by atoms with Gasteiger partial charge >= 0.3 is 0 Å². The Hall–Kier alpha value is -1.63. The molecule has 0 saturated carbocycles. The van der Waals surface area contributed by atoms with E-state index in [0.29, 0.717) is 18.6 Å². The van der Waals surface area contributed by atoms with Crippen LogP contribution in [0, 0.1) is 0 Å². The van der Waals surface area contributed by atoms with Gasteiger partial charge in [0.25, 0.3) is 0 Å². The summed E-state index contributed by atoms with van der Waals surface area (Å²) in [5.74, 6) is 2.93. The molecule has 0 fully saturated rings. The highest BCUT2D eigenvalue weighted by Gasteiger charge is 2.17. The molecule has 0 amide bonds. The third-order valence-corrected chi connectivity index (χ3v) is 4.62. The molecule has 2 rings (SSSR count). The van der Waals surface area contributed by atoms with Gasteiger partial charge in [0, 0.05) is 44.7 Å². The lowest BCUT2D eigenvalue weighted by molar-refractivity contribution is 0.173. The molecule has 0 spiro atoms. The summed E-state index contributed by atoms with van der Waals surface area (Å²) in [5, 5.41) is 15.3. The molecule has 0 atom stereocenters. The van der Waals surface area contributed by atoms with Crippen molar-refractivity contribution in [2.24, 2.45) is 4.99 Å². The first-order valence-electron chi connectivity index (χ1n) is 9.71. The van der Waals surface area contributed by atoms with Crippen molar-refractivity contribution in [1.82, 2.24) is 30.3 Å². The minimum absolute atomic E-state index is 0.576. The van der Waals surface area contributed by atoms with Crippen LogP contribution in [0.25, 0.3) is 0 Å². The first-order valence-corrected chi connectivity index (χ1v) is 9.71. The predicted octanol–water partition coefficient (Wildman–Crippen LogP) is 1.79. The van der Waals surface area contributed by atoms with Gasteiger partial charge in [0.1, 0.15) is 12.4 Å². The Kier molecular flexibility index (Phi) is 7.68. The average molecular weight is 350 g/mol. The average Bonchev–Trinajstić information content (AvgIpc) is 3.15. The maximum absolute atomic E-state index is 4.68. The largest absolute Gasteiger partial charge is 0.357 e. The lowest BCUT2D eigenvalue weighted by atomic mass is 10.2. The predicted molar refractivity (Wildman–Crippen MR) is 103 cm³/mol. The SMILES string of the molecule is CCNC(=NCc1nnc2n1CCC2)NCCCN(C(C)C)C(C)C. The van der Waals surface area contributed by atoms with Gasteiger partial charge in [-0.2, -0.15) is 0 Å². The fourth-order valence-corrected chi connectivity index (χ4v) is 3.40. The smallest absolute Gasteiger partial charge is 0.191 e. The monoisotopic (exact) mass is 349 g/mol. The number of aliphatic imine (C=N–C) groups is 1. The Bertz CT molecular complexity index is 540. The Balaban J connectivity index is 1.81. The van der Waals surface area contributed by atoms with Crippen LogP contribution in [0.4, 0.5) is 0 Å². The van der Waals surface area contributed by atoms with Gasteiger partial charge in [-0.1, -0.05) is 0 Å². The second kappa shape index (κ2) is 9.75. The fraction of sp³-hybridized carbons (Fsp3) is 0.833. The fourth-order valence-electron chi connectivity index (χ4n) is 3.40. The Labute approximate surface area is 152 Å². The van der Waals surface area contributed by atoms with Gasteiger partial charge in [-0.25, -0.2) is 4.99 Å². The molecule has 25 heavy (non-hydrogen) atoms. The quantitative estimate of drug-likeness (QED) is 0.404. The van der Waals surface area contributed by atoms with Crippen LogP contribution < -0.4 is 10.6 Å². The van der Waals surface area contributed by atoms with Crippen LogP contribution in [0.5, 0.6) is 0 Å². The van der Waals surface area contributed by atoms with E-state index in [1.165, 1.54) is 6.42 Å². The summed E-state index contributed by atoms with van der Waals surface area (Å²) in [4.78, 5) is 7.20. The zero-order valence-corrected chi connectivity index (χ0v) is 16.5. The van der Waals surface area contributed by atoms with E-state index in [2.05, 4.69) is 69.9 Å². The number of nitrogens with zero attached hydrogens (tertiary/aromatic N) is 5. The summed E-state index contributed by atoms with van der Waals surface area (Å²) in [5.41, 5.74) is 0. The van der Waals surface area contributed by atoms with Crippen molar-refractivity contribution in [3.8, 4) is 0 Å². The van der Waals surface area contributed by atoms with E-state index in [4.69, 9.17) is 0 Å². The zero-order valence-electron chi connectivity index (χ0n) is 16.5. The van der Waals surface area contributed by atoms with Gasteiger partial charge in [0.2, 0.25) is 0 Å². The Morgan fingerprint density at radius 1 is 1.20 bits per heavy atom. The van der Waals surface area contributed by atoms with Gasteiger partial charge in [-0.15, -0.1) is 10.2 Å². The normalized spacial score (nSPS) is 14.6. The van der Waals surface area contributed by atoms with Gasteiger partial charge in [-0.05, 0) is 47.5 Å². The lowest BCUT2D eigenvalue weighted by Crippen LogP contribution is -2.41. The molecule has 0 unspecified atom stereocenters. The van der Waals surface area contributed by atoms with Crippen molar-refractivity contribution in [1.29, 1.82) is 0 Å². The van der Waals surface area contributed by atoms with Crippen molar-refractivity contribution < 1.29 is 0 Å². The van der Waals surface area contributed by atoms with E-state index in [1.54, 1.807) is 0 Å². The number of nitrogens with one attached hydrogen (secondary N) is 2. The van der Waals surface area contributed by atoms with Crippen LogP contribution in [0.2, 0.25) is 0 Å². The molecular weight excluding hydrogens is 314 g/mol. The Morgan fingerprint density at radius 2 is 1.96 bits per heavy atom. The highest BCUT2D eigenvalue weighted by Crippen LogP contribution is 2.14. The van der Waals surface area contributed by atoms with Crippen molar-refractivity contribution in [3.63, 3.8) is 0 Å². The van der Waals surface area contributed by atoms with E-state index in [1.807, 2.05) is 0 Å². The summed E-state index contributed by atoms with van der Waals surface area (Å²) in [6.45, 7) is 15.6. The molecule has 7 heteroatoms. The number of hydrogen-bond donors (Lipinski definition) is 2. The molecule has 142 valence electrons. The number of hydrogen-bond acceptors (Lipinski definition) is 4. The highest BCUT2D eigenvalue weighted by molar-refractivity contribution is 5.79. The molecule has 0 aliphatic carbocycles. The number of fused-ring (bicyclic) bond motifs is 1. The first kappa shape index (κ1) is 19.7. The minimum atomic E-state index is 0.576. The molecule has 1 aromatic rings. The molecule has 2 heterocycles. The molecule has 1 aromatic heterocycles. The molecule has 0 aromatic carbocycles. The second-order valence-electron chi connectivity index (χ2n) is 7.19. The van der Waals surface area contributed by atoms with Gasteiger partial charge in [0.15, 0.2) is 11.8 Å². The Morgan fingerprint density at radius 3 is 2.64 bits per heavy atom. The maximum atomic E-state index is 4.68. The van der Waals surface area contributed by atoms with E-state index in [9.17, 15) is 0 Å². The maximum Gasteiger partial charge on any atom is 0.191 e.